The number of anilines is 2. The Hall–Kier alpha value is -3.41. The molecule has 2 heterocycles. The van der Waals surface area contributed by atoms with Crippen molar-refractivity contribution in [2.24, 2.45) is 0 Å². The van der Waals surface area contributed by atoms with E-state index in [0.29, 0.717) is 17.3 Å². The van der Waals surface area contributed by atoms with Crippen LogP contribution < -0.4 is 14.8 Å². The first-order chi connectivity index (χ1) is 12.3. The van der Waals surface area contributed by atoms with E-state index in [4.69, 9.17) is 9.47 Å². The quantitative estimate of drug-likeness (QED) is 0.610. The zero-order chi connectivity index (χ0) is 17.2. The van der Waals surface area contributed by atoms with Gasteiger partial charge in [0.25, 0.3) is 0 Å². The van der Waals surface area contributed by atoms with E-state index in [0.717, 1.165) is 27.5 Å². The minimum atomic E-state index is 0.629. The monoisotopic (exact) mass is 332 g/mol. The van der Waals surface area contributed by atoms with Crippen molar-refractivity contribution in [2.45, 2.75) is 0 Å². The fourth-order valence-corrected chi connectivity index (χ4v) is 2.82. The van der Waals surface area contributed by atoms with Crippen LogP contribution in [0.15, 0.2) is 55.0 Å². The predicted octanol–water partition coefficient (Wildman–Crippen LogP) is 3.94. The summed E-state index contributed by atoms with van der Waals surface area (Å²) < 4.78 is 10.7. The molecule has 124 valence electrons. The van der Waals surface area contributed by atoms with Crippen molar-refractivity contribution < 1.29 is 9.47 Å². The molecule has 6 heteroatoms. The molecule has 0 amide bonds. The molecule has 4 rings (SSSR count). The Morgan fingerprint density at radius 3 is 2.52 bits per heavy atom. The number of benzene rings is 2. The van der Waals surface area contributed by atoms with Crippen LogP contribution in [0.3, 0.4) is 0 Å². The lowest BCUT2D eigenvalue weighted by molar-refractivity contribution is 0.356. The van der Waals surface area contributed by atoms with Crippen molar-refractivity contribution in [3.8, 4) is 11.5 Å². The maximum Gasteiger partial charge on any atom is 0.162 e. The van der Waals surface area contributed by atoms with Gasteiger partial charge in [-0.25, -0.2) is 9.97 Å². The molecule has 0 aliphatic rings. The molecule has 1 N–H and O–H groups in total. The zero-order valence-electron chi connectivity index (χ0n) is 13.9. The second-order valence-electron chi connectivity index (χ2n) is 5.45. The predicted molar refractivity (Wildman–Crippen MR) is 97.7 cm³/mol. The standard InChI is InChI=1S/C19H16N4O2/c1-24-16-9-13-15(10-17(16)25-2)21-11-22-19(13)23-14-7-3-5-12-6-4-8-20-18(12)14/h3-11H,1-2H3,(H,21,22,23). The summed E-state index contributed by atoms with van der Waals surface area (Å²) in [6.45, 7) is 0. The molecule has 0 unspecified atom stereocenters. The molecule has 0 radical (unpaired) electrons. The van der Waals surface area contributed by atoms with Crippen molar-refractivity contribution in [2.75, 3.05) is 19.5 Å². The summed E-state index contributed by atoms with van der Waals surface area (Å²) in [6, 6.07) is 13.6. The second-order valence-corrected chi connectivity index (χ2v) is 5.45. The van der Waals surface area contributed by atoms with E-state index in [1.807, 2.05) is 42.5 Å². The lowest BCUT2D eigenvalue weighted by Gasteiger charge is -2.13. The van der Waals surface area contributed by atoms with Crippen LogP contribution in [-0.4, -0.2) is 29.2 Å². The van der Waals surface area contributed by atoms with Crippen LogP contribution in [0.1, 0.15) is 0 Å². The Bertz CT molecular complexity index is 1060. The van der Waals surface area contributed by atoms with Crippen LogP contribution in [0.2, 0.25) is 0 Å². The van der Waals surface area contributed by atoms with E-state index in [1.165, 1.54) is 6.33 Å². The molecule has 25 heavy (non-hydrogen) atoms. The second kappa shape index (κ2) is 6.24. The van der Waals surface area contributed by atoms with Crippen molar-refractivity contribution in [1.82, 2.24) is 15.0 Å². The highest BCUT2D eigenvalue weighted by atomic mass is 16.5. The number of aromatic nitrogens is 3. The average Bonchev–Trinajstić information content (AvgIpc) is 2.67. The lowest BCUT2D eigenvalue weighted by atomic mass is 10.1. The van der Waals surface area contributed by atoms with Crippen LogP contribution in [0.5, 0.6) is 11.5 Å². The topological polar surface area (TPSA) is 69.2 Å². The molecule has 0 aliphatic heterocycles. The first kappa shape index (κ1) is 15.1. The Balaban J connectivity index is 1.86. The van der Waals surface area contributed by atoms with E-state index in [9.17, 15) is 0 Å². The SMILES string of the molecule is COc1cc2ncnc(Nc3cccc4cccnc34)c2cc1OC. The van der Waals surface area contributed by atoms with Gasteiger partial charge >= 0.3 is 0 Å². The first-order valence-electron chi connectivity index (χ1n) is 7.77. The number of nitrogens with one attached hydrogen (secondary N) is 1. The molecular formula is C19H16N4O2. The van der Waals surface area contributed by atoms with Gasteiger partial charge in [0.05, 0.1) is 30.9 Å². The first-order valence-corrected chi connectivity index (χ1v) is 7.77. The van der Waals surface area contributed by atoms with Crippen LogP contribution in [0.4, 0.5) is 11.5 Å². The third-order valence-electron chi connectivity index (χ3n) is 4.03. The van der Waals surface area contributed by atoms with Crippen molar-refractivity contribution in [3.63, 3.8) is 0 Å². The summed E-state index contributed by atoms with van der Waals surface area (Å²) in [7, 11) is 3.21. The summed E-state index contributed by atoms with van der Waals surface area (Å²) in [5.74, 6) is 1.94. The molecule has 2 aromatic carbocycles. The molecule has 0 spiro atoms. The van der Waals surface area contributed by atoms with Crippen molar-refractivity contribution >= 4 is 33.3 Å². The molecule has 6 nitrogen and oxygen atoms in total. The van der Waals surface area contributed by atoms with Crippen molar-refractivity contribution in [3.05, 3.63) is 55.0 Å². The Morgan fingerprint density at radius 2 is 1.68 bits per heavy atom. The molecule has 0 aliphatic carbocycles. The van der Waals surface area contributed by atoms with Gasteiger partial charge in [-0.2, -0.15) is 0 Å². The fourth-order valence-electron chi connectivity index (χ4n) is 2.82. The number of hydrogen-bond acceptors (Lipinski definition) is 6. The van der Waals surface area contributed by atoms with Gasteiger partial charge in [0.2, 0.25) is 0 Å². The van der Waals surface area contributed by atoms with Gasteiger partial charge in [0, 0.05) is 23.0 Å². The summed E-state index contributed by atoms with van der Waals surface area (Å²) in [4.78, 5) is 13.2. The van der Waals surface area contributed by atoms with Gasteiger partial charge < -0.3 is 14.8 Å². The van der Waals surface area contributed by atoms with Crippen molar-refractivity contribution in [1.29, 1.82) is 0 Å². The third kappa shape index (κ3) is 2.67. The van der Waals surface area contributed by atoms with E-state index in [-0.39, 0.29) is 0 Å². The highest BCUT2D eigenvalue weighted by molar-refractivity contribution is 5.97. The molecular weight excluding hydrogens is 316 g/mol. The molecule has 0 saturated heterocycles. The van der Waals surface area contributed by atoms with E-state index >= 15 is 0 Å². The lowest BCUT2D eigenvalue weighted by Crippen LogP contribution is -1.99. The number of fused-ring (bicyclic) bond motifs is 2. The molecule has 0 fully saturated rings. The summed E-state index contributed by atoms with van der Waals surface area (Å²) in [5.41, 5.74) is 2.54. The number of methoxy groups -OCH3 is 2. The van der Waals surface area contributed by atoms with Gasteiger partial charge in [-0.1, -0.05) is 18.2 Å². The third-order valence-corrected chi connectivity index (χ3v) is 4.03. The minimum Gasteiger partial charge on any atom is -0.493 e. The maximum absolute atomic E-state index is 5.40. The number of pyridine rings is 1. The molecule has 2 aromatic heterocycles. The van der Waals surface area contributed by atoms with Gasteiger partial charge in [-0.05, 0) is 18.2 Å². The van der Waals surface area contributed by atoms with E-state index < -0.39 is 0 Å². The number of rotatable bonds is 4. The average molecular weight is 332 g/mol. The Kier molecular flexibility index (Phi) is 3.78. The zero-order valence-corrected chi connectivity index (χ0v) is 13.9. The van der Waals surface area contributed by atoms with E-state index in [2.05, 4.69) is 20.3 Å². The molecule has 4 aromatic rings. The number of hydrogen-bond donors (Lipinski definition) is 1. The Morgan fingerprint density at radius 1 is 0.880 bits per heavy atom. The minimum absolute atomic E-state index is 0.629. The van der Waals surface area contributed by atoms with Gasteiger partial charge in [-0.3, -0.25) is 4.98 Å². The van der Waals surface area contributed by atoms with Crippen LogP contribution >= 0.6 is 0 Å². The molecule has 0 bridgehead atoms. The molecule has 0 saturated carbocycles. The maximum atomic E-state index is 5.40. The molecule has 0 atom stereocenters. The van der Waals surface area contributed by atoms with E-state index in [1.54, 1.807) is 20.4 Å². The number of ether oxygens (including phenoxy) is 2. The summed E-state index contributed by atoms with van der Waals surface area (Å²) in [6.07, 6.45) is 3.30. The normalized spacial score (nSPS) is 10.8. The van der Waals surface area contributed by atoms with Crippen LogP contribution in [-0.2, 0) is 0 Å². The largest absolute Gasteiger partial charge is 0.493 e. The summed E-state index contributed by atoms with van der Waals surface area (Å²) >= 11 is 0. The van der Waals surface area contributed by atoms with Gasteiger partial charge in [0.1, 0.15) is 12.1 Å². The highest BCUT2D eigenvalue weighted by Gasteiger charge is 2.12. The Labute approximate surface area is 144 Å². The fraction of sp³-hybridized carbons (Fsp3) is 0.105. The van der Waals surface area contributed by atoms with Gasteiger partial charge in [0.15, 0.2) is 11.5 Å². The van der Waals surface area contributed by atoms with Crippen LogP contribution in [0, 0.1) is 0 Å². The van der Waals surface area contributed by atoms with Gasteiger partial charge in [-0.15, -0.1) is 0 Å². The number of nitrogens with zero attached hydrogens (tertiary/aromatic N) is 3. The van der Waals surface area contributed by atoms with Crippen LogP contribution in [0.25, 0.3) is 21.8 Å². The highest BCUT2D eigenvalue weighted by Crippen LogP contribution is 2.35. The smallest absolute Gasteiger partial charge is 0.162 e. The number of para-hydroxylation sites is 1. The summed E-state index contributed by atoms with van der Waals surface area (Å²) in [5, 5.41) is 5.27.